The van der Waals surface area contributed by atoms with Gasteiger partial charge in [0.25, 0.3) is 0 Å². The predicted molar refractivity (Wildman–Crippen MR) is 73.7 cm³/mol. The molecule has 1 aromatic rings. The van der Waals surface area contributed by atoms with Gasteiger partial charge in [0.2, 0.25) is 0 Å². The second kappa shape index (κ2) is 7.17. The minimum Gasteiger partial charge on any atom is -0.495 e. The molecule has 0 aliphatic rings. The van der Waals surface area contributed by atoms with E-state index in [1.807, 2.05) is 6.07 Å². The molecule has 0 radical (unpaired) electrons. The van der Waals surface area contributed by atoms with Crippen LogP contribution < -0.4 is 15.4 Å². The number of nitrogens with zero attached hydrogens (tertiary/aromatic N) is 1. The Morgan fingerprint density at radius 3 is 2.29 bits per heavy atom. The first-order valence-electron chi connectivity index (χ1n) is 6.38. The van der Waals surface area contributed by atoms with Gasteiger partial charge in [0, 0.05) is 19.6 Å². The molecular formula is C14H24N2O. The summed E-state index contributed by atoms with van der Waals surface area (Å²) in [5.41, 5.74) is 7.93. The molecule has 0 saturated heterocycles. The summed E-state index contributed by atoms with van der Waals surface area (Å²) in [6.45, 7) is 7.07. The molecule has 0 heterocycles. The third kappa shape index (κ3) is 3.63. The zero-order chi connectivity index (χ0) is 12.7. The van der Waals surface area contributed by atoms with Crippen molar-refractivity contribution in [1.29, 1.82) is 0 Å². The lowest BCUT2D eigenvalue weighted by molar-refractivity contribution is 0.413. The van der Waals surface area contributed by atoms with Crippen molar-refractivity contribution >= 4 is 5.69 Å². The molecule has 0 saturated carbocycles. The Hall–Kier alpha value is -1.22. The van der Waals surface area contributed by atoms with Crippen molar-refractivity contribution in [2.75, 3.05) is 25.1 Å². The summed E-state index contributed by atoms with van der Waals surface area (Å²) in [6.07, 6.45) is 2.28. The SMILES string of the molecule is CCCN(CCC)c1ccc(CN)cc1OC. The molecule has 0 aliphatic heterocycles. The summed E-state index contributed by atoms with van der Waals surface area (Å²) in [5, 5.41) is 0. The van der Waals surface area contributed by atoms with Crippen molar-refractivity contribution in [3.8, 4) is 5.75 Å². The van der Waals surface area contributed by atoms with Crippen LogP contribution in [0.25, 0.3) is 0 Å². The number of benzene rings is 1. The minimum atomic E-state index is 0.554. The third-order valence-corrected chi connectivity index (χ3v) is 2.81. The number of methoxy groups -OCH3 is 1. The third-order valence-electron chi connectivity index (χ3n) is 2.81. The summed E-state index contributed by atoms with van der Waals surface area (Å²) in [5.74, 6) is 0.926. The highest BCUT2D eigenvalue weighted by atomic mass is 16.5. The van der Waals surface area contributed by atoms with Gasteiger partial charge in [-0.05, 0) is 30.5 Å². The van der Waals surface area contributed by atoms with Gasteiger partial charge in [0.05, 0.1) is 12.8 Å². The molecule has 0 aliphatic carbocycles. The zero-order valence-corrected chi connectivity index (χ0v) is 11.2. The number of anilines is 1. The first-order chi connectivity index (χ1) is 8.26. The molecule has 1 aromatic carbocycles. The summed E-state index contributed by atoms with van der Waals surface area (Å²) in [7, 11) is 1.72. The zero-order valence-electron chi connectivity index (χ0n) is 11.2. The fourth-order valence-electron chi connectivity index (χ4n) is 2.00. The molecule has 0 spiro atoms. The van der Waals surface area contributed by atoms with E-state index < -0.39 is 0 Å². The van der Waals surface area contributed by atoms with Crippen molar-refractivity contribution in [2.24, 2.45) is 5.73 Å². The maximum atomic E-state index is 5.65. The summed E-state index contributed by atoms with van der Waals surface area (Å²) < 4.78 is 5.46. The molecule has 0 aromatic heterocycles. The van der Waals surface area contributed by atoms with Crippen LogP contribution in [0.15, 0.2) is 18.2 Å². The molecule has 96 valence electrons. The maximum absolute atomic E-state index is 5.65. The molecule has 0 bridgehead atoms. The lowest BCUT2D eigenvalue weighted by Crippen LogP contribution is -2.25. The quantitative estimate of drug-likeness (QED) is 0.791. The highest BCUT2D eigenvalue weighted by Crippen LogP contribution is 2.29. The van der Waals surface area contributed by atoms with E-state index >= 15 is 0 Å². The molecule has 3 heteroatoms. The monoisotopic (exact) mass is 236 g/mol. The van der Waals surface area contributed by atoms with Gasteiger partial charge in [-0.3, -0.25) is 0 Å². The van der Waals surface area contributed by atoms with Crippen molar-refractivity contribution in [1.82, 2.24) is 0 Å². The van der Waals surface area contributed by atoms with Crippen LogP contribution in [0.5, 0.6) is 5.75 Å². The van der Waals surface area contributed by atoms with Gasteiger partial charge >= 0.3 is 0 Å². The summed E-state index contributed by atoms with van der Waals surface area (Å²) >= 11 is 0. The van der Waals surface area contributed by atoms with Gasteiger partial charge in [-0.2, -0.15) is 0 Å². The van der Waals surface area contributed by atoms with Gasteiger partial charge in [0.15, 0.2) is 0 Å². The number of nitrogens with two attached hydrogens (primary N) is 1. The number of hydrogen-bond donors (Lipinski definition) is 1. The molecule has 3 nitrogen and oxygen atoms in total. The van der Waals surface area contributed by atoms with E-state index in [4.69, 9.17) is 10.5 Å². The van der Waals surface area contributed by atoms with Crippen molar-refractivity contribution < 1.29 is 4.74 Å². The highest BCUT2D eigenvalue weighted by Gasteiger charge is 2.10. The van der Waals surface area contributed by atoms with E-state index in [0.29, 0.717) is 6.54 Å². The van der Waals surface area contributed by atoms with Crippen LogP contribution in [0.1, 0.15) is 32.3 Å². The summed E-state index contributed by atoms with van der Waals surface area (Å²) in [6, 6.07) is 6.23. The Morgan fingerprint density at radius 2 is 1.82 bits per heavy atom. The van der Waals surface area contributed by atoms with Gasteiger partial charge in [-0.25, -0.2) is 0 Å². The van der Waals surface area contributed by atoms with E-state index in [1.54, 1.807) is 7.11 Å². The molecule has 17 heavy (non-hydrogen) atoms. The predicted octanol–water partition coefficient (Wildman–Crippen LogP) is 2.78. The van der Waals surface area contributed by atoms with E-state index in [0.717, 1.165) is 37.2 Å². The van der Waals surface area contributed by atoms with Crippen molar-refractivity contribution in [3.63, 3.8) is 0 Å². The number of rotatable bonds is 7. The highest BCUT2D eigenvalue weighted by molar-refractivity contribution is 5.59. The average Bonchev–Trinajstić information content (AvgIpc) is 2.37. The topological polar surface area (TPSA) is 38.5 Å². The van der Waals surface area contributed by atoms with Crippen molar-refractivity contribution in [3.05, 3.63) is 23.8 Å². The van der Waals surface area contributed by atoms with Crippen LogP contribution in [0.2, 0.25) is 0 Å². The fourth-order valence-corrected chi connectivity index (χ4v) is 2.00. The molecule has 0 unspecified atom stereocenters. The standard InChI is InChI=1S/C14H24N2O/c1-4-8-16(9-5-2)13-7-6-12(11-15)10-14(13)17-3/h6-7,10H,4-5,8-9,11,15H2,1-3H3. The molecule has 0 fully saturated rings. The Bertz CT molecular complexity index is 333. The fraction of sp³-hybridized carbons (Fsp3) is 0.571. The van der Waals surface area contributed by atoms with Crippen LogP contribution in [0, 0.1) is 0 Å². The molecule has 1 rings (SSSR count). The van der Waals surface area contributed by atoms with E-state index in [9.17, 15) is 0 Å². The van der Waals surface area contributed by atoms with Gasteiger partial charge < -0.3 is 15.4 Å². The van der Waals surface area contributed by atoms with Crippen molar-refractivity contribution in [2.45, 2.75) is 33.2 Å². The second-order valence-corrected chi connectivity index (χ2v) is 4.20. The Balaban J connectivity index is 2.99. The first-order valence-corrected chi connectivity index (χ1v) is 6.38. The average molecular weight is 236 g/mol. The lowest BCUT2D eigenvalue weighted by Gasteiger charge is -2.26. The number of hydrogen-bond acceptors (Lipinski definition) is 3. The molecule has 0 atom stereocenters. The van der Waals surface area contributed by atoms with E-state index in [2.05, 4.69) is 30.9 Å². The smallest absolute Gasteiger partial charge is 0.142 e. The van der Waals surface area contributed by atoms with Crippen LogP contribution in [-0.4, -0.2) is 20.2 Å². The summed E-state index contributed by atoms with van der Waals surface area (Å²) in [4.78, 5) is 2.37. The van der Waals surface area contributed by atoms with Crippen LogP contribution in [0.3, 0.4) is 0 Å². The number of ether oxygens (including phenoxy) is 1. The maximum Gasteiger partial charge on any atom is 0.142 e. The van der Waals surface area contributed by atoms with Crippen LogP contribution in [-0.2, 0) is 6.54 Å². The van der Waals surface area contributed by atoms with Gasteiger partial charge in [-0.1, -0.05) is 19.9 Å². The molecule has 0 amide bonds. The first kappa shape index (κ1) is 13.8. The largest absolute Gasteiger partial charge is 0.495 e. The second-order valence-electron chi connectivity index (χ2n) is 4.20. The molecular weight excluding hydrogens is 212 g/mol. The van der Waals surface area contributed by atoms with Gasteiger partial charge in [-0.15, -0.1) is 0 Å². The Labute approximate surface area is 105 Å². The van der Waals surface area contributed by atoms with Gasteiger partial charge in [0.1, 0.15) is 5.75 Å². The van der Waals surface area contributed by atoms with Crippen LogP contribution in [0.4, 0.5) is 5.69 Å². The van der Waals surface area contributed by atoms with E-state index in [1.165, 1.54) is 5.69 Å². The normalized spacial score (nSPS) is 10.4. The minimum absolute atomic E-state index is 0.554. The van der Waals surface area contributed by atoms with Crippen LogP contribution >= 0.6 is 0 Å². The Morgan fingerprint density at radius 1 is 1.18 bits per heavy atom. The lowest BCUT2D eigenvalue weighted by atomic mass is 10.1. The molecule has 2 N–H and O–H groups in total. The Kier molecular flexibility index (Phi) is 5.84. The van der Waals surface area contributed by atoms with E-state index in [-0.39, 0.29) is 0 Å².